The minimum absolute atomic E-state index is 0.231. The van der Waals surface area contributed by atoms with Crippen LogP contribution in [-0.2, 0) is 9.53 Å². The number of hydrogen-bond acceptors (Lipinski definition) is 4. The molecule has 1 aromatic carbocycles. The van der Waals surface area contributed by atoms with Gasteiger partial charge in [0.25, 0.3) is 0 Å². The Kier molecular flexibility index (Phi) is 6.40. The number of nitrogens with one attached hydrogen (secondary N) is 1. The molecule has 0 aliphatic rings. The molecule has 0 radical (unpaired) electrons. The van der Waals surface area contributed by atoms with Gasteiger partial charge in [-0.1, -0.05) is 32.0 Å². The quantitative estimate of drug-likeness (QED) is 0.845. The van der Waals surface area contributed by atoms with Gasteiger partial charge in [-0.2, -0.15) is 0 Å². The van der Waals surface area contributed by atoms with Gasteiger partial charge in [-0.15, -0.1) is 0 Å². The number of esters is 1. The molecule has 5 heteroatoms. The van der Waals surface area contributed by atoms with Crippen molar-refractivity contribution in [2.75, 3.05) is 0 Å². The van der Waals surface area contributed by atoms with Crippen molar-refractivity contribution in [3.05, 3.63) is 30.3 Å². The second kappa shape index (κ2) is 7.82. The lowest BCUT2D eigenvalue weighted by Crippen LogP contribution is -2.45. The lowest BCUT2D eigenvalue weighted by Gasteiger charge is -2.25. The Morgan fingerprint density at radius 2 is 1.73 bits per heavy atom. The maximum atomic E-state index is 12.2. The molecule has 0 aliphatic carbocycles. The molecule has 0 aliphatic heterocycles. The lowest BCUT2D eigenvalue weighted by molar-refractivity contribution is -0.157. The van der Waals surface area contributed by atoms with Crippen LogP contribution in [0.3, 0.4) is 0 Å². The molecule has 1 unspecified atom stereocenters. The second-order valence-electron chi connectivity index (χ2n) is 6.56. The molecule has 1 atom stereocenters. The summed E-state index contributed by atoms with van der Waals surface area (Å²) in [5, 5.41) is 2.58. The van der Waals surface area contributed by atoms with Crippen molar-refractivity contribution >= 4 is 12.1 Å². The molecule has 0 saturated carbocycles. The van der Waals surface area contributed by atoms with E-state index in [1.807, 2.05) is 19.9 Å². The summed E-state index contributed by atoms with van der Waals surface area (Å²) < 4.78 is 10.5. The maximum absolute atomic E-state index is 12.2. The Labute approximate surface area is 132 Å². The Morgan fingerprint density at radius 1 is 1.14 bits per heavy atom. The summed E-state index contributed by atoms with van der Waals surface area (Å²) in [4.78, 5) is 24.1. The summed E-state index contributed by atoms with van der Waals surface area (Å²) in [7, 11) is 0. The number of rotatable bonds is 5. The third-order valence-electron chi connectivity index (χ3n) is 2.64. The van der Waals surface area contributed by atoms with Crippen LogP contribution < -0.4 is 10.1 Å². The smallest absolute Gasteiger partial charge is 0.413 e. The average molecular weight is 307 g/mol. The SMILES string of the molecule is CC(C)CC(NC(=O)Oc1ccccc1)C(=O)OC(C)(C)C. The van der Waals surface area contributed by atoms with Crippen LogP contribution in [0.25, 0.3) is 0 Å². The summed E-state index contributed by atoms with van der Waals surface area (Å²) in [5.74, 6) is 0.202. The van der Waals surface area contributed by atoms with Crippen LogP contribution in [0, 0.1) is 5.92 Å². The highest BCUT2D eigenvalue weighted by Crippen LogP contribution is 2.14. The van der Waals surface area contributed by atoms with Crippen molar-refractivity contribution < 1.29 is 19.1 Å². The number of amides is 1. The first kappa shape index (κ1) is 18.0. The monoisotopic (exact) mass is 307 g/mol. The number of carbonyl (C=O) groups excluding carboxylic acids is 2. The summed E-state index contributed by atoms with van der Waals surface area (Å²) >= 11 is 0. The molecule has 0 fully saturated rings. The van der Waals surface area contributed by atoms with Gasteiger partial charge in [-0.25, -0.2) is 9.59 Å². The van der Waals surface area contributed by atoms with Gasteiger partial charge in [0.2, 0.25) is 0 Å². The molecule has 1 rings (SSSR count). The molecular weight excluding hydrogens is 282 g/mol. The van der Waals surface area contributed by atoms with Crippen LogP contribution in [0.4, 0.5) is 4.79 Å². The largest absolute Gasteiger partial charge is 0.458 e. The Hall–Kier alpha value is -2.04. The zero-order valence-electron chi connectivity index (χ0n) is 13.9. The topological polar surface area (TPSA) is 64.6 Å². The molecule has 1 amide bonds. The molecule has 22 heavy (non-hydrogen) atoms. The minimum Gasteiger partial charge on any atom is -0.458 e. The normalized spacial score (nSPS) is 12.6. The number of ether oxygens (including phenoxy) is 2. The fourth-order valence-corrected chi connectivity index (χ4v) is 1.83. The summed E-state index contributed by atoms with van der Waals surface area (Å²) in [5.41, 5.74) is -0.600. The number of carbonyl (C=O) groups is 2. The van der Waals surface area contributed by atoms with Gasteiger partial charge in [0, 0.05) is 0 Å². The van der Waals surface area contributed by atoms with E-state index in [-0.39, 0.29) is 5.92 Å². The highest BCUT2D eigenvalue weighted by atomic mass is 16.6. The number of hydrogen-bond donors (Lipinski definition) is 1. The summed E-state index contributed by atoms with van der Waals surface area (Å²) in [6.07, 6.45) is -0.179. The maximum Gasteiger partial charge on any atom is 0.413 e. The molecule has 1 N–H and O–H groups in total. The highest BCUT2D eigenvalue weighted by Gasteiger charge is 2.27. The molecule has 122 valence electrons. The van der Waals surface area contributed by atoms with E-state index in [4.69, 9.17) is 9.47 Å². The summed E-state index contributed by atoms with van der Waals surface area (Å²) in [6.45, 7) is 9.32. The van der Waals surface area contributed by atoms with Crippen LogP contribution in [0.2, 0.25) is 0 Å². The van der Waals surface area contributed by atoms with Crippen LogP contribution in [0.5, 0.6) is 5.75 Å². The summed E-state index contributed by atoms with van der Waals surface area (Å²) in [6, 6.07) is 7.97. The number of para-hydroxylation sites is 1. The van der Waals surface area contributed by atoms with Crippen LogP contribution in [-0.4, -0.2) is 23.7 Å². The van der Waals surface area contributed by atoms with E-state index in [9.17, 15) is 9.59 Å². The molecule has 0 aromatic heterocycles. The first-order chi connectivity index (χ1) is 10.2. The standard InChI is InChI=1S/C17H25NO4/c1-12(2)11-14(15(19)22-17(3,4)5)18-16(20)21-13-9-7-6-8-10-13/h6-10,12,14H,11H2,1-5H3,(H,18,20). The fourth-order valence-electron chi connectivity index (χ4n) is 1.83. The lowest BCUT2D eigenvalue weighted by atomic mass is 10.0. The van der Waals surface area contributed by atoms with Gasteiger partial charge >= 0.3 is 12.1 Å². The van der Waals surface area contributed by atoms with Gasteiger partial charge in [-0.05, 0) is 45.2 Å². The minimum atomic E-state index is -0.726. The average Bonchev–Trinajstić information content (AvgIpc) is 2.36. The van der Waals surface area contributed by atoms with Crippen molar-refractivity contribution in [2.45, 2.75) is 52.7 Å². The molecule has 5 nitrogen and oxygen atoms in total. The zero-order valence-corrected chi connectivity index (χ0v) is 13.9. The highest BCUT2D eigenvalue weighted by molar-refractivity contribution is 5.82. The van der Waals surface area contributed by atoms with E-state index >= 15 is 0 Å². The Morgan fingerprint density at radius 3 is 2.23 bits per heavy atom. The van der Waals surface area contributed by atoms with Gasteiger partial charge in [-0.3, -0.25) is 0 Å². The van der Waals surface area contributed by atoms with Gasteiger partial charge < -0.3 is 14.8 Å². The first-order valence-electron chi connectivity index (χ1n) is 7.43. The third-order valence-corrected chi connectivity index (χ3v) is 2.64. The van der Waals surface area contributed by atoms with Crippen molar-refractivity contribution in [1.82, 2.24) is 5.32 Å². The van der Waals surface area contributed by atoms with Crippen molar-refractivity contribution in [3.63, 3.8) is 0 Å². The third kappa shape index (κ3) is 7.11. The molecule has 1 aromatic rings. The Bertz CT molecular complexity index is 491. The predicted molar refractivity (Wildman–Crippen MR) is 84.7 cm³/mol. The van der Waals surface area contributed by atoms with Crippen molar-refractivity contribution in [3.8, 4) is 5.75 Å². The van der Waals surface area contributed by atoms with E-state index in [2.05, 4.69) is 5.32 Å². The van der Waals surface area contributed by atoms with Crippen LogP contribution in [0.15, 0.2) is 30.3 Å². The van der Waals surface area contributed by atoms with E-state index < -0.39 is 23.7 Å². The van der Waals surface area contributed by atoms with Crippen molar-refractivity contribution in [1.29, 1.82) is 0 Å². The fraction of sp³-hybridized carbons (Fsp3) is 0.529. The molecule has 0 spiro atoms. The van der Waals surface area contributed by atoms with E-state index in [0.717, 1.165) is 0 Å². The van der Waals surface area contributed by atoms with Crippen LogP contribution >= 0.6 is 0 Å². The second-order valence-corrected chi connectivity index (χ2v) is 6.56. The van der Waals surface area contributed by atoms with Crippen molar-refractivity contribution in [2.24, 2.45) is 5.92 Å². The first-order valence-corrected chi connectivity index (χ1v) is 7.43. The van der Waals surface area contributed by atoms with Crippen LogP contribution in [0.1, 0.15) is 41.0 Å². The van der Waals surface area contributed by atoms with E-state index in [1.54, 1.807) is 45.0 Å². The van der Waals surface area contributed by atoms with E-state index in [1.165, 1.54) is 0 Å². The van der Waals surface area contributed by atoms with Gasteiger partial charge in [0.15, 0.2) is 0 Å². The molecular formula is C17H25NO4. The predicted octanol–water partition coefficient (Wildman–Crippen LogP) is 3.53. The molecule has 0 saturated heterocycles. The van der Waals surface area contributed by atoms with Gasteiger partial charge in [0.1, 0.15) is 17.4 Å². The van der Waals surface area contributed by atoms with E-state index in [0.29, 0.717) is 12.2 Å². The molecule has 0 bridgehead atoms. The Balaban J connectivity index is 2.68. The van der Waals surface area contributed by atoms with Gasteiger partial charge in [0.05, 0.1) is 0 Å². The molecule has 0 heterocycles. The zero-order chi connectivity index (χ0) is 16.8. The number of benzene rings is 1.